The first kappa shape index (κ1) is 17.7. The van der Waals surface area contributed by atoms with E-state index in [0.717, 1.165) is 0 Å². The van der Waals surface area contributed by atoms with Gasteiger partial charge in [-0.1, -0.05) is 0 Å². The van der Waals surface area contributed by atoms with Crippen molar-refractivity contribution in [3.63, 3.8) is 0 Å². The number of hydrogen-bond donors (Lipinski definition) is 3. The SMILES string of the molecule is CNc1nc(NC)c(N=Nc2c(C#N)cnn2-c2ncccn2)c(NC)n1. The van der Waals surface area contributed by atoms with Crippen LogP contribution in [-0.2, 0) is 0 Å². The second-order valence-electron chi connectivity index (χ2n) is 5.00. The molecule has 0 amide bonds. The molecular formula is C15H16N12. The molecule has 0 aliphatic heterocycles. The highest BCUT2D eigenvalue weighted by Gasteiger charge is 2.16. The van der Waals surface area contributed by atoms with Gasteiger partial charge in [-0.25, -0.2) is 9.97 Å². The van der Waals surface area contributed by atoms with Crippen molar-refractivity contribution in [2.75, 3.05) is 37.1 Å². The van der Waals surface area contributed by atoms with Crippen LogP contribution in [0.3, 0.4) is 0 Å². The fourth-order valence-corrected chi connectivity index (χ4v) is 2.17. The number of nitriles is 1. The summed E-state index contributed by atoms with van der Waals surface area (Å²) in [4.78, 5) is 16.9. The van der Waals surface area contributed by atoms with Crippen LogP contribution in [0.2, 0.25) is 0 Å². The number of hydrogen-bond acceptors (Lipinski definition) is 11. The maximum absolute atomic E-state index is 9.34. The molecule has 3 N–H and O–H groups in total. The summed E-state index contributed by atoms with van der Waals surface area (Å²) in [7, 11) is 5.14. The molecule has 0 saturated heterocycles. The Morgan fingerprint density at radius 1 is 1.00 bits per heavy atom. The fraction of sp³-hybridized carbons (Fsp3) is 0.200. The van der Waals surface area contributed by atoms with Crippen molar-refractivity contribution in [2.45, 2.75) is 0 Å². The average molecular weight is 364 g/mol. The van der Waals surface area contributed by atoms with Gasteiger partial charge < -0.3 is 16.0 Å². The van der Waals surface area contributed by atoms with Gasteiger partial charge in [0.2, 0.25) is 5.95 Å². The number of rotatable bonds is 6. The Morgan fingerprint density at radius 3 is 2.22 bits per heavy atom. The Hall–Kier alpha value is -4.14. The first-order valence-electron chi connectivity index (χ1n) is 7.84. The maximum Gasteiger partial charge on any atom is 0.252 e. The second-order valence-corrected chi connectivity index (χ2v) is 5.00. The molecule has 12 nitrogen and oxygen atoms in total. The summed E-state index contributed by atoms with van der Waals surface area (Å²) in [6.07, 6.45) is 4.52. The third kappa shape index (κ3) is 3.47. The maximum atomic E-state index is 9.34. The first-order valence-corrected chi connectivity index (χ1v) is 7.84. The quantitative estimate of drug-likeness (QED) is 0.556. The van der Waals surface area contributed by atoms with Crippen molar-refractivity contribution in [1.29, 1.82) is 5.26 Å². The minimum atomic E-state index is 0.200. The van der Waals surface area contributed by atoms with Gasteiger partial charge >= 0.3 is 0 Å². The lowest BCUT2D eigenvalue weighted by atomic mass is 10.4. The summed E-state index contributed by atoms with van der Waals surface area (Å²) in [5, 5.41) is 30.7. The molecule has 3 rings (SSSR count). The van der Waals surface area contributed by atoms with Crippen LogP contribution in [0.5, 0.6) is 0 Å². The molecule has 0 bridgehead atoms. The van der Waals surface area contributed by atoms with E-state index < -0.39 is 0 Å². The van der Waals surface area contributed by atoms with Gasteiger partial charge in [0.25, 0.3) is 5.95 Å². The van der Waals surface area contributed by atoms with Gasteiger partial charge in [0.05, 0.1) is 6.20 Å². The smallest absolute Gasteiger partial charge is 0.252 e. The molecule has 0 aliphatic carbocycles. The van der Waals surface area contributed by atoms with Gasteiger partial charge in [-0.3, -0.25) is 0 Å². The van der Waals surface area contributed by atoms with E-state index in [9.17, 15) is 5.26 Å². The minimum absolute atomic E-state index is 0.200. The summed E-state index contributed by atoms with van der Waals surface area (Å²) < 4.78 is 1.34. The Labute approximate surface area is 154 Å². The van der Waals surface area contributed by atoms with E-state index in [4.69, 9.17) is 0 Å². The summed E-state index contributed by atoms with van der Waals surface area (Å²) in [5.74, 6) is 1.82. The van der Waals surface area contributed by atoms with Gasteiger partial charge in [-0.2, -0.15) is 25.0 Å². The lowest BCUT2D eigenvalue weighted by Gasteiger charge is -2.10. The lowest BCUT2D eigenvalue weighted by Crippen LogP contribution is -2.04. The molecule has 0 spiro atoms. The van der Waals surface area contributed by atoms with Crippen molar-refractivity contribution < 1.29 is 0 Å². The summed E-state index contributed by atoms with van der Waals surface area (Å²) >= 11 is 0. The van der Waals surface area contributed by atoms with E-state index in [1.54, 1.807) is 39.6 Å². The zero-order valence-electron chi connectivity index (χ0n) is 14.8. The highest BCUT2D eigenvalue weighted by molar-refractivity contribution is 5.75. The van der Waals surface area contributed by atoms with Crippen LogP contribution >= 0.6 is 0 Å². The van der Waals surface area contributed by atoms with Crippen molar-refractivity contribution in [1.82, 2.24) is 29.7 Å². The highest BCUT2D eigenvalue weighted by Crippen LogP contribution is 2.33. The van der Waals surface area contributed by atoms with E-state index >= 15 is 0 Å². The normalized spacial score (nSPS) is 10.6. The molecule has 0 aromatic carbocycles. The van der Waals surface area contributed by atoms with E-state index in [2.05, 4.69) is 51.2 Å². The van der Waals surface area contributed by atoms with Crippen LogP contribution < -0.4 is 16.0 Å². The molecule has 0 saturated carbocycles. The number of aromatic nitrogens is 6. The molecule has 0 atom stereocenters. The van der Waals surface area contributed by atoms with Crippen LogP contribution in [0.1, 0.15) is 5.56 Å². The number of nitrogens with zero attached hydrogens (tertiary/aromatic N) is 9. The second kappa shape index (κ2) is 7.83. The van der Waals surface area contributed by atoms with Crippen molar-refractivity contribution in [3.8, 4) is 12.0 Å². The Morgan fingerprint density at radius 2 is 1.67 bits per heavy atom. The first-order chi connectivity index (χ1) is 13.2. The molecule has 136 valence electrons. The molecule has 0 aliphatic rings. The van der Waals surface area contributed by atoms with Crippen LogP contribution in [0.25, 0.3) is 5.95 Å². The molecule has 0 radical (unpaired) electrons. The number of azo groups is 1. The molecule has 0 fully saturated rings. The number of nitrogens with one attached hydrogen (secondary N) is 3. The molecule has 3 aromatic rings. The molecule has 0 unspecified atom stereocenters. The fourth-order valence-electron chi connectivity index (χ4n) is 2.17. The minimum Gasteiger partial charge on any atom is -0.371 e. The number of anilines is 3. The topological polar surface area (TPSA) is 154 Å². The largest absolute Gasteiger partial charge is 0.371 e. The summed E-state index contributed by atoms with van der Waals surface area (Å²) in [6, 6.07) is 3.71. The third-order valence-corrected chi connectivity index (χ3v) is 3.43. The zero-order chi connectivity index (χ0) is 19.2. The van der Waals surface area contributed by atoms with Gasteiger partial charge in [0.1, 0.15) is 11.6 Å². The Kier molecular flexibility index (Phi) is 5.12. The standard InChI is InChI=1S/C15H16N12/c1-17-11-10(12(18-2)24-14(19-3)23-11)25-26-13-9(7-16)8-22-27(13)15-20-5-4-6-21-15/h4-6,8H,1-3H3,(H3,17,18,19,23,24). The summed E-state index contributed by atoms with van der Waals surface area (Å²) in [5.41, 5.74) is 0.612. The van der Waals surface area contributed by atoms with Crippen LogP contribution in [0.15, 0.2) is 34.9 Å². The molecule has 3 aromatic heterocycles. The predicted octanol–water partition coefficient (Wildman–Crippen LogP) is 1.86. The lowest BCUT2D eigenvalue weighted by molar-refractivity contribution is 0.803. The van der Waals surface area contributed by atoms with Crippen LogP contribution in [0, 0.1) is 11.3 Å². The monoisotopic (exact) mass is 364 g/mol. The zero-order valence-corrected chi connectivity index (χ0v) is 14.8. The van der Waals surface area contributed by atoms with E-state index in [-0.39, 0.29) is 17.3 Å². The predicted molar refractivity (Wildman–Crippen MR) is 98.7 cm³/mol. The van der Waals surface area contributed by atoms with Crippen molar-refractivity contribution in [3.05, 3.63) is 30.2 Å². The van der Waals surface area contributed by atoms with Crippen LogP contribution in [0.4, 0.5) is 29.1 Å². The molecule has 12 heteroatoms. The molecule has 3 heterocycles. The Balaban J connectivity index is 2.10. The summed E-state index contributed by atoms with van der Waals surface area (Å²) in [6.45, 7) is 0. The van der Waals surface area contributed by atoms with Gasteiger partial charge in [0, 0.05) is 33.5 Å². The molecule has 27 heavy (non-hydrogen) atoms. The van der Waals surface area contributed by atoms with Crippen molar-refractivity contribution >= 4 is 29.1 Å². The van der Waals surface area contributed by atoms with Crippen molar-refractivity contribution in [2.24, 2.45) is 10.2 Å². The van der Waals surface area contributed by atoms with E-state index in [0.29, 0.717) is 23.3 Å². The van der Waals surface area contributed by atoms with E-state index in [1.807, 2.05) is 6.07 Å². The van der Waals surface area contributed by atoms with E-state index in [1.165, 1.54) is 10.9 Å². The molecular weight excluding hydrogens is 348 g/mol. The van der Waals surface area contributed by atoms with Crippen LogP contribution in [-0.4, -0.2) is 50.9 Å². The van der Waals surface area contributed by atoms with Gasteiger partial charge in [-0.15, -0.1) is 10.2 Å². The average Bonchev–Trinajstić information content (AvgIpc) is 3.15. The van der Waals surface area contributed by atoms with Gasteiger partial charge in [-0.05, 0) is 6.07 Å². The highest BCUT2D eigenvalue weighted by atomic mass is 15.4. The third-order valence-electron chi connectivity index (χ3n) is 3.43. The Bertz CT molecular complexity index is 976. The van der Waals surface area contributed by atoms with Gasteiger partial charge in [0.15, 0.2) is 23.1 Å².